The highest BCUT2D eigenvalue weighted by Gasteiger charge is 2.23. The lowest BCUT2D eigenvalue weighted by molar-refractivity contribution is 0.426. The first-order chi connectivity index (χ1) is 8.53. The van der Waals surface area contributed by atoms with Crippen molar-refractivity contribution < 1.29 is 0 Å². The molecule has 0 saturated heterocycles. The Labute approximate surface area is 114 Å². The van der Waals surface area contributed by atoms with Gasteiger partial charge >= 0.3 is 0 Å². The average Bonchev–Trinajstić information content (AvgIpc) is 2.40. The van der Waals surface area contributed by atoms with Crippen LogP contribution in [-0.2, 0) is 5.41 Å². The van der Waals surface area contributed by atoms with Crippen LogP contribution < -0.4 is 0 Å². The number of unbranched alkanes of at least 4 members (excludes halogenated alkanes) is 2. The summed E-state index contributed by atoms with van der Waals surface area (Å²) in [5.41, 5.74) is 2.72. The monoisotopic (exact) mass is 249 g/mol. The van der Waals surface area contributed by atoms with Gasteiger partial charge in [0.1, 0.15) is 0 Å². The van der Waals surface area contributed by atoms with E-state index in [0.29, 0.717) is 0 Å². The second kappa shape index (κ2) is 9.13. The predicted molar refractivity (Wildman–Crippen MR) is 82.1 cm³/mol. The van der Waals surface area contributed by atoms with Crippen molar-refractivity contribution in [3.63, 3.8) is 0 Å². The van der Waals surface area contributed by atoms with Gasteiger partial charge in [0, 0.05) is 17.3 Å². The van der Waals surface area contributed by atoms with E-state index >= 15 is 0 Å². The Morgan fingerprint density at radius 3 is 1.83 bits per heavy atom. The van der Waals surface area contributed by atoms with Crippen molar-refractivity contribution in [1.82, 2.24) is 4.98 Å². The van der Waals surface area contributed by atoms with Crippen LogP contribution in [0.3, 0.4) is 0 Å². The molecule has 0 bridgehead atoms. The fourth-order valence-electron chi connectivity index (χ4n) is 1.79. The molecule has 0 radical (unpaired) electrons. The molecular formula is C17H31N. The summed E-state index contributed by atoms with van der Waals surface area (Å²) < 4.78 is 0. The van der Waals surface area contributed by atoms with Gasteiger partial charge in [-0.15, -0.1) is 0 Å². The molecule has 0 aliphatic carbocycles. The van der Waals surface area contributed by atoms with Gasteiger partial charge < -0.3 is 0 Å². The highest BCUT2D eigenvalue weighted by atomic mass is 14.7. The van der Waals surface area contributed by atoms with Crippen LogP contribution in [0.15, 0.2) is 18.3 Å². The molecule has 0 N–H and O–H groups in total. The zero-order valence-corrected chi connectivity index (χ0v) is 13.2. The van der Waals surface area contributed by atoms with Crippen LogP contribution in [0, 0.1) is 6.92 Å². The molecule has 1 nitrogen and oxygen atoms in total. The van der Waals surface area contributed by atoms with Gasteiger partial charge in [0.25, 0.3) is 0 Å². The van der Waals surface area contributed by atoms with Gasteiger partial charge in [-0.3, -0.25) is 4.98 Å². The van der Waals surface area contributed by atoms with E-state index in [-0.39, 0.29) is 5.41 Å². The van der Waals surface area contributed by atoms with Crippen LogP contribution in [0.1, 0.15) is 78.0 Å². The highest BCUT2D eigenvalue weighted by molar-refractivity contribution is 5.19. The van der Waals surface area contributed by atoms with Crippen molar-refractivity contribution in [3.8, 4) is 0 Å². The quantitative estimate of drug-likeness (QED) is 0.655. The molecule has 18 heavy (non-hydrogen) atoms. The van der Waals surface area contributed by atoms with Gasteiger partial charge in [-0.25, -0.2) is 0 Å². The zero-order valence-electron chi connectivity index (χ0n) is 13.2. The molecule has 0 amide bonds. The summed E-state index contributed by atoms with van der Waals surface area (Å²) in [6.45, 7) is 13.2. The topological polar surface area (TPSA) is 12.9 Å². The predicted octanol–water partition coefficient (Wildman–Crippen LogP) is 5.66. The molecule has 104 valence electrons. The third-order valence-electron chi connectivity index (χ3n) is 3.80. The van der Waals surface area contributed by atoms with Crippen LogP contribution in [0.5, 0.6) is 0 Å². The lowest BCUT2D eigenvalue weighted by Gasteiger charge is -2.25. The molecule has 0 aliphatic heterocycles. The van der Waals surface area contributed by atoms with Crippen molar-refractivity contribution in [1.29, 1.82) is 0 Å². The molecule has 1 heterocycles. The Morgan fingerprint density at radius 2 is 1.56 bits per heavy atom. The van der Waals surface area contributed by atoms with Crippen LogP contribution in [0.4, 0.5) is 0 Å². The molecule has 0 fully saturated rings. The molecule has 0 saturated carbocycles. The fraction of sp³-hybridized carbons (Fsp3) is 0.706. The summed E-state index contributed by atoms with van der Waals surface area (Å²) in [7, 11) is 0. The maximum absolute atomic E-state index is 4.49. The number of aromatic nitrogens is 1. The van der Waals surface area contributed by atoms with E-state index in [9.17, 15) is 0 Å². The summed E-state index contributed by atoms with van der Waals surface area (Å²) in [6.07, 6.45) is 8.34. The number of hydrogen-bond donors (Lipinski definition) is 0. The van der Waals surface area contributed by atoms with Crippen molar-refractivity contribution in [2.24, 2.45) is 0 Å². The van der Waals surface area contributed by atoms with E-state index in [1.807, 2.05) is 6.20 Å². The minimum absolute atomic E-state index is 0.258. The maximum Gasteiger partial charge on any atom is 0.0462 e. The SMILES string of the molecule is CCC(C)(CC)c1ccc(C)cn1.CCCCC. The van der Waals surface area contributed by atoms with E-state index < -0.39 is 0 Å². The van der Waals surface area contributed by atoms with Gasteiger partial charge in [0.05, 0.1) is 0 Å². The first kappa shape index (κ1) is 17.2. The molecule has 0 aliphatic rings. The van der Waals surface area contributed by atoms with Gasteiger partial charge in [-0.1, -0.05) is 59.9 Å². The van der Waals surface area contributed by atoms with Crippen LogP contribution >= 0.6 is 0 Å². The van der Waals surface area contributed by atoms with Crippen LogP contribution in [-0.4, -0.2) is 4.98 Å². The Morgan fingerprint density at radius 1 is 1.00 bits per heavy atom. The Kier molecular flexibility index (Phi) is 8.70. The molecule has 1 aromatic rings. The standard InChI is InChI=1S/C12H19N.C5H12/c1-5-12(4,6-2)11-8-7-10(3)9-13-11;1-3-5-4-2/h7-9H,5-6H2,1-4H3;3-5H2,1-2H3. The first-order valence-electron chi connectivity index (χ1n) is 7.47. The number of hydrogen-bond acceptors (Lipinski definition) is 1. The summed E-state index contributed by atoms with van der Waals surface area (Å²) in [5, 5.41) is 0. The molecule has 0 atom stereocenters. The van der Waals surface area contributed by atoms with E-state index in [1.165, 1.54) is 30.5 Å². The lowest BCUT2D eigenvalue weighted by atomic mass is 9.81. The van der Waals surface area contributed by atoms with Crippen LogP contribution in [0.25, 0.3) is 0 Å². The lowest BCUT2D eigenvalue weighted by Crippen LogP contribution is -2.20. The molecule has 1 rings (SSSR count). The second-order valence-corrected chi connectivity index (χ2v) is 5.34. The summed E-state index contributed by atoms with van der Waals surface area (Å²) in [4.78, 5) is 4.49. The van der Waals surface area contributed by atoms with Gasteiger partial charge in [-0.05, 0) is 31.4 Å². The number of pyridine rings is 1. The van der Waals surface area contributed by atoms with Crippen molar-refractivity contribution in [2.45, 2.75) is 79.1 Å². The summed E-state index contributed by atoms with van der Waals surface area (Å²) in [6, 6.07) is 4.30. The number of rotatable bonds is 5. The number of aryl methyl sites for hydroxylation is 1. The van der Waals surface area contributed by atoms with E-state index in [2.05, 4.69) is 58.7 Å². The Balaban J connectivity index is 0.000000494. The van der Waals surface area contributed by atoms with E-state index in [1.54, 1.807) is 0 Å². The Hall–Kier alpha value is -0.850. The van der Waals surface area contributed by atoms with E-state index in [4.69, 9.17) is 0 Å². The Bertz CT molecular complexity index is 294. The average molecular weight is 249 g/mol. The minimum atomic E-state index is 0.258. The van der Waals surface area contributed by atoms with Crippen LogP contribution in [0.2, 0.25) is 0 Å². The zero-order chi connectivity index (χ0) is 14.0. The summed E-state index contributed by atoms with van der Waals surface area (Å²) in [5.74, 6) is 0. The normalized spacial score (nSPS) is 10.8. The molecule has 0 aromatic carbocycles. The smallest absolute Gasteiger partial charge is 0.0462 e. The van der Waals surface area contributed by atoms with Crippen molar-refractivity contribution in [2.75, 3.05) is 0 Å². The van der Waals surface area contributed by atoms with Crippen molar-refractivity contribution >= 4 is 0 Å². The summed E-state index contributed by atoms with van der Waals surface area (Å²) >= 11 is 0. The molecule has 0 unspecified atom stereocenters. The largest absolute Gasteiger partial charge is 0.260 e. The first-order valence-corrected chi connectivity index (χ1v) is 7.47. The molecule has 0 spiro atoms. The number of nitrogens with zero attached hydrogens (tertiary/aromatic N) is 1. The maximum atomic E-state index is 4.49. The van der Waals surface area contributed by atoms with Gasteiger partial charge in [0.2, 0.25) is 0 Å². The van der Waals surface area contributed by atoms with Gasteiger partial charge in [-0.2, -0.15) is 0 Å². The molecule has 1 aromatic heterocycles. The van der Waals surface area contributed by atoms with Crippen molar-refractivity contribution in [3.05, 3.63) is 29.6 Å². The highest BCUT2D eigenvalue weighted by Crippen LogP contribution is 2.28. The van der Waals surface area contributed by atoms with E-state index in [0.717, 1.165) is 12.8 Å². The third-order valence-corrected chi connectivity index (χ3v) is 3.80. The van der Waals surface area contributed by atoms with Gasteiger partial charge in [0.15, 0.2) is 0 Å². The molecular weight excluding hydrogens is 218 g/mol. The third kappa shape index (κ3) is 5.66. The fourth-order valence-corrected chi connectivity index (χ4v) is 1.79. The molecule has 1 heteroatoms. The second-order valence-electron chi connectivity index (χ2n) is 5.34. The minimum Gasteiger partial charge on any atom is -0.260 e.